The van der Waals surface area contributed by atoms with E-state index in [9.17, 15) is 0 Å². The van der Waals surface area contributed by atoms with Crippen molar-refractivity contribution in [3.05, 3.63) is 29.7 Å². The molecule has 0 aliphatic heterocycles. The maximum absolute atomic E-state index is 3.95. The zero-order valence-corrected chi connectivity index (χ0v) is 7.98. The number of aryl methyl sites for hydroxylation is 1. The van der Waals surface area contributed by atoms with E-state index >= 15 is 0 Å². The summed E-state index contributed by atoms with van der Waals surface area (Å²) in [5.41, 5.74) is 0.975. The van der Waals surface area contributed by atoms with E-state index in [2.05, 4.69) is 21.8 Å². The van der Waals surface area contributed by atoms with Gasteiger partial charge in [0.05, 0.1) is 0 Å². The Balaban J connectivity index is 2.94. The summed E-state index contributed by atoms with van der Waals surface area (Å²) in [6, 6.07) is 0. The molecule has 0 atom stereocenters. The Hall–Kier alpha value is -1.03. The van der Waals surface area contributed by atoms with E-state index in [0.29, 0.717) is 0 Å². The van der Waals surface area contributed by atoms with Gasteiger partial charge in [-0.2, -0.15) is 0 Å². The van der Waals surface area contributed by atoms with Crippen molar-refractivity contribution in [2.24, 2.45) is 0 Å². The highest BCUT2D eigenvalue weighted by atomic mass is 32.2. The lowest BCUT2D eigenvalue weighted by Crippen LogP contribution is -1.82. The van der Waals surface area contributed by atoms with E-state index in [0.717, 1.165) is 17.2 Å². The van der Waals surface area contributed by atoms with E-state index in [4.69, 9.17) is 0 Å². The molecule has 0 aliphatic carbocycles. The van der Waals surface area contributed by atoms with Gasteiger partial charge in [-0.3, -0.25) is 0 Å². The van der Waals surface area contributed by atoms with Gasteiger partial charge in [-0.05, 0) is 18.6 Å². The second kappa shape index (κ2) is 4.11. The molecule has 1 heterocycles. The van der Waals surface area contributed by atoms with Crippen molar-refractivity contribution >= 4 is 17.3 Å². The second-order valence-corrected chi connectivity index (χ2v) is 2.98. The molecule has 0 spiro atoms. The summed E-state index contributed by atoms with van der Waals surface area (Å²) in [5.74, 6) is 1.59. The van der Waals surface area contributed by atoms with E-state index in [-0.39, 0.29) is 0 Å². The Kier molecular flexibility index (Phi) is 3.10. The molecule has 3 nitrogen and oxygen atoms in total. The number of aromatic nitrogens is 3. The third-order valence-electron chi connectivity index (χ3n) is 1.34. The lowest BCUT2D eigenvalue weighted by molar-refractivity contribution is 1.03. The van der Waals surface area contributed by atoms with Crippen LogP contribution in [0.15, 0.2) is 18.1 Å². The summed E-state index contributed by atoms with van der Waals surface area (Å²) in [5, 5.41) is 9.79. The molecule has 0 unspecified atom stereocenters. The van der Waals surface area contributed by atoms with Crippen molar-refractivity contribution in [3.8, 4) is 0 Å². The fraction of sp³-hybridized carbons (Fsp3) is 0.250. The fourth-order valence-corrected chi connectivity index (χ4v) is 1.27. The van der Waals surface area contributed by atoms with Crippen LogP contribution in [0.3, 0.4) is 0 Å². The molecule has 0 saturated heterocycles. The number of allylic oxidation sites excluding steroid dienone is 2. The predicted octanol–water partition coefficient (Wildman–Crippen LogP) is 2.00. The molecule has 0 aromatic carbocycles. The molecule has 1 aromatic heterocycles. The second-order valence-electron chi connectivity index (χ2n) is 2.27. The monoisotopic (exact) mass is 181 g/mol. The van der Waals surface area contributed by atoms with Crippen LogP contribution in [0.2, 0.25) is 0 Å². The summed E-state index contributed by atoms with van der Waals surface area (Å²) in [6.07, 6.45) is 3.75. The van der Waals surface area contributed by atoms with Gasteiger partial charge in [0.1, 0.15) is 5.82 Å². The van der Waals surface area contributed by atoms with Crippen LogP contribution in [0, 0.1) is 6.92 Å². The minimum atomic E-state index is 0.775. The predicted molar refractivity (Wildman–Crippen MR) is 52.8 cm³/mol. The van der Waals surface area contributed by atoms with Crippen LogP contribution < -0.4 is 0 Å². The molecule has 0 aliphatic rings. The molecular formula is C8H11N3S. The Morgan fingerprint density at radius 1 is 1.58 bits per heavy atom. The van der Waals surface area contributed by atoms with Gasteiger partial charge in [0, 0.05) is 5.57 Å². The van der Waals surface area contributed by atoms with Crippen molar-refractivity contribution < 1.29 is 0 Å². The summed E-state index contributed by atoms with van der Waals surface area (Å²) in [4.78, 5) is 3.04. The number of hydrogen-bond donors (Lipinski definition) is 1. The molecule has 0 saturated carbocycles. The van der Waals surface area contributed by atoms with Gasteiger partial charge >= 0.3 is 0 Å². The third-order valence-corrected chi connectivity index (χ3v) is 1.83. The maximum atomic E-state index is 3.95. The minimum absolute atomic E-state index is 0.775. The van der Waals surface area contributed by atoms with Crippen LogP contribution in [0.5, 0.6) is 0 Å². The number of hydrogen-bond acceptors (Lipinski definition) is 3. The quantitative estimate of drug-likeness (QED) is 0.725. The first-order valence-corrected chi connectivity index (χ1v) is 4.81. The van der Waals surface area contributed by atoms with Crippen LogP contribution in [0.25, 0.3) is 5.57 Å². The molecule has 12 heavy (non-hydrogen) atoms. The molecule has 0 radical (unpaired) electrons. The van der Waals surface area contributed by atoms with Crippen LogP contribution in [-0.2, 0) is 0 Å². The normalized spacial score (nSPS) is 11.7. The zero-order chi connectivity index (χ0) is 8.97. The van der Waals surface area contributed by atoms with Crippen LogP contribution in [0.4, 0.5) is 0 Å². The van der Waals surface area contributed by atoms with Crippen LogP contribution in [-0.4, -0.2) is 21.4 Å². The Morgan fingerprint density at radius 3 is 2.75 bits per heavy atom. The van der Waals surface area contributed by atoms with E-state index in [1.165, 1.54) is 0 Å². The van der Waals surface area contributed by atoms with Gasteiger partial charge in [0.15, 0.2) is 5.82 Å². The Bertz CT molecular complexity index is 301. The number of thioether (sulfide) groups is 1. The first kappa shape index (κ1) is 9.06. The number of H-pyrrole nitrogens is 1. The smallest absolute Gasteiger partial charge is 0.161 e. The van der Waals surface area contributed by atoms with Crippen molar-refractivity contribution in [3.63, 3.8) is 0 Å². The highest BCUT2D eigenvalue weighted by Crippen LogP contribution is 2.13. The van der Waals surface area contributed by atoms with Crippen molar-refractivity contribution in [2.75, 3.05) is 6.26 Å². The molecule has 0 fully saturated rings. The van der Waals surface area contributed by atoms with Crippen LogP contribution in [0.1, 0.15) is 11.6 Å². The molecular weight excluding hydrogens is 170 g/mol. The van der Waals surface area contributed by atoms with Gasteiger partial charge in [0.25, 0.3) is 0 Å². The van der Waals surface area contributed by atoms with Crippen molar-refractivity contribution in [1.82, 2.24) is 15.2 Å². The number of nitrogens with zero attached hydrogens (tertiary/aromatic N) is 2. The number of nitrogens with one attached hydrogen (secondary N) is 1. The van der Waals surface area contributed by atoms with E-state index in [1.807, 2.05) is 18.6 Å². The van der Waals surface area contributed by atoms with Gasteiger partial charge in [-0.25, -0.2) is 0 Å². The van der Waals surface area contributed by atoms with Crippen LogP contribution >= 0.6 is 11.8 Å². The highest BCUT2D eigenvalue weighted by Gasteiger charge is 2.01. The molecule has 1 rings (SSSR count). The zero-order valence-electron chi connectivity index (χ0n) is 7.16. The fourth-order valence-electron chi connectivity index (χ4n) is 0.804. The van der Waals surface area contributed by atoms with Gasteiger partial charge < -0.3 is 4.98 Å². The first-order chi connectivity index (χ1) is 5.77. The Morgan fingerprint density at radius 2 is 2.33 bits per heavy atom. The number of rotatable bonds is 3. The van der Waals surface area contributed by atoms with Gasteiger partial charge in [-0.15, -0.1) is 22.0 Å². The molecule has 4 heteroatoms. The minimum Gasteiger partial charge on any atom is -0.325 e. The highest BCUT2D eigenvalue weighted by molar-refractivity contribution is 8.01. The van der Waals surface area contributed by atoms with E-state index in [1.54, 1.807) is 17.8 Å². The molecule has 1 N–H and O–H groups in total. The average molecular weight is 181 g/mol. The Labute approximate surface area is 76.0 Å². The lowest BCUT2D eigenvalue weighted by atomic mass is 10.3. The molecule has 1 aromatic rings. The van der Waals surface area contributed by atoms with Gasteiger partial charge in [-0.1, -0.05) is 12.7 Å². The average Bonchev–Trinajstić information content (AvgIpc) is 2.47. The molecule has 64 valence electrons. The molecule has 0 bridgehead atoms. The standard InChI is InChI=1S/C8H11N3S/c1-4-7(5-12-3)8-9-6(2)10-11-8/h4-5H,1H2,2-3H3,(H,9,10,11)/b7-5+. The van der Waals surface area contributed by atoms with E-state index < -0.39 is 0 Å². The van der Waals surface area contributed by atoms with Gasteiger partial charge in [0.2, 0.25) is 0 Å². The molecule has 0 amide bonds. The summed E-state index contributed by atoms with van der Waals surface area (Å²) < 4.78 is 0. The SMILES string of the molecule is C=C/C(=C\SC)c1nnc(C)[nH]1. The summed E-state index contributed by atoms with van der Waals surface area (Å²) in [6.45, 7) is 5.57. The van der Waals surface area contributed by atoms with Crippen molar-refractivity contribution in [1.29, 1.82) is 0 Å². The number of aromatic amines is 1. The third kappa shape index (κ3) is 1.98. The van der Waals surface area contributed by atoms with Crippen molar-refractivity contribution in [2.45, 2.75) is 6.92 Å². The lowest BCUT2D eigenvalue weighted by Gasteiger charge is -1.93. The topological polar surface area (TPSA) is 41.6 Å². The largest absolute Gasteiger partial charge is 0.325 e. The maximum Gasteiger partial charge on any atom is 0.161 e. The first-order valence-electron chi connectivity index (χ1n) is 3.53. The summed E-state index contributed by atoms with van der Waals surface area (Å²) >= 11 is 1.62. The summed E-state index contributed by atoms with van der Waals surface area (Å²) in [7, 11) is 0.